The molecule has 0 heterocycles. The van der Waals surface area contributed by atoms with Crippen molar-refractivity contribution in [2.45, 2.75) is 54.4 Å². The van der Waals surface area contributed by atoms with Crippen LogP contribution in [-0.4, -0.2) is 13.2 Å². The van der Waals surface area contributed by atoms with Gasteiger partial charge in [0.05, 0.1) is 0 Å². The van der Waals surface area contributed by atoms with Gasteiger partial charge in [0.2, 0.25) is 0 Å². The highest BCUT2D eigenvalue weighted by Crippen LogP contribution is 2.33. The second kappa shape index (κ2) is 9.66. The molecule has 2 nitrogen and oxygen atoms in total. The maximum absolute atomic E-state index is 6.27. The van der Waals surface area contributed by atoms with Gasteiger partial charge in [-0.1, -0.05) is 52.0 Å². The Morgan fingerprint density at radius 1 is 0.808 bits per heavy atom. The van der Waals surface area contributed by atoms with Gasteiger partial charge in [0.1, 0.15) is 24.7 Å². The SMILES string of the molecule is Cc1cc(CC(C)C)c(CC(C)C)c(OCCOc2ccccc2)c1C. The Kier molecular flexibility index (Phi) is 7.56. The molecule has 2 aromatic rings. The molecule has 0 aliphatic carbocycles. The lowest BCUT2D eigenvalue weighted by Gasteiger charge is -2.22. The monoisotopic (exact) mass is 354 g/mol. The fraction of sp³-hybridized carbons (Fsp3) is 0.500. The minimum absolute atomic E-state index is 0.554. The molecule has 0 unspecified atom stereocenters. The maximum Gasteiger partial charge on any atom is 0.126 e. The van der Waals surface area contributed by atoms with Gasteiger partial charge in [0.15, 0.2) is 0 Å². The van der Waals surface area contributed by atoms with Crippen LogP contribution >= 0.6 is 0 Å². The van der Waals surface area contributed by atoms with E-state index in [0.717, 1.165) is 24.3 Å². The fourth-order valence-electron chi connectivity index (χ4n) is 3.28. The van der Waals surface area contributed by atoms with E-state index >= 15 is 0 Å². The summed E-state index contributed by atoms with van der Waals surface area (Å²) in [6.45, 7) is 14.6. The maximum atomic E-state index is 6.27. The number of hydrogen-bond donors (Lipinski definition) is 0. The zero-order chi connectivity index (χ0) is 19.1. The van der Waals surface area contributed by atoms with E-state index in [1.165, 1.54) is 22.3 Å². The summed E-state index contributed by atoms with van der Waals surface area (Å²) < 4.78 is 12.1. The van der Waals surface area contributed by atoms with Crippen LogP contribution in [0.2, 0.25) is 0 Å². The van der Waals surface area contributed by atoms with Crippen LogP contribution in [0.3, 0.4) is 0 Å². The largest absolute Gasteiger partial charge is 0.490 e. The second-order valence-electron chi connectivity index (χ2n) is 7.99. The van der Waals surface area contributed by atoms with E-state index in [9.17, 15) is 0 Å². The van der Waals surface area contributed by atoms with Gasteiger partial charge >= 0.3 is 0 Å². The number of benzene rings is 2. The van der Waals surface area contributed by atoms with Crippen LogP contribution in [0, 0.1) is 25.7 Å². The Bertz CT molecular complexity index is 687. The fourth-order valence-corrected chi connectivity index (χ4v) is 3.28. The zero-order valence-corrected chi connectivity index (χ0v) is 17.3. The summed E-state index contributed by atoms with van der Waals surface area (Å²) in [6, 6.07) is 12.3. The van der Waals surface area contributed by atoms with Crippen molar-refractivity contribution in [3.05, 3.63) is 58.7 Å². The van der Waals surface area contributed by atoms with E-state index in [1.807, 2.05) is 30.3 Å². The van der Waals surface area contributed by atoms with Gasteiger partial charge in [-0.3, -0.25) is 0 Å². The molecule has 0 bridgehead atoms. The average molecular weight is 355 g/mol. The minimum atomic E-state index is 0.554. The molecular weight excluding hydrogens is 320 g/mol. The Hall–Kier alpha value is -1.96. The van der Waals surface area contributed by atoms with E-state index in [-0.39, 0.29) is 0 Å². The van der Waals surface area contributed by atoms with Crippen molar-refractivity contribution >= 4 is 0 Å². The molecule has 0 atom stereocenters. The highest BCUT2D eigenvalue weighted by Gasteiger charge is 2.17. The van der Waals surface area contributed by atoms with Crippen LogP contribution in [0.15, 0.2) is 36.4 Å². The topological polar surface area (TPSA) is 18.5 Å². The Morgan fingerprint density at radius 3 is 2.04 bits per heavy atom. The molecular formula is C24H34O2. The molecule has 0 amide bonds. The summed E-state index contributed by atoms with van der Waals surface area (Å²) in [4.78, 5) is 0. The molecule has 0 fully saturated rings. The first-order valence-corrected chi connectivity index (χ1v) is 9.81. The molecule has 0 aromatic heterocycles. The standard InChI is InChI=1S/C24H34O2/c1-17(2)14-21-16-19(5)20(6)24(23(21)15-18(3)4)26-13-12-25-22-10-8-7-9-11-22/h7-11,16-18H,12-15H2,1-6H3. The second-order valence-corrected chi connectivity index (χ2v) is 7.99. The molecule has 2 heteroatoms. The van der Waals surface area contributed by atoms with Crippen LogP contribution in [-0.2, 0) is 12.8 Å². The predicted molar refractivity (Wildman–Crippen MR) is 110 cm³/mol. The summed E-state index contributed by atoms with van der Waals surface area (Å²) in [7, 11) is 0. The first-order chi connectivity index (χ1) is 12.4. The molecule has 0 saturated heterocycles. The van der Waals surface area contributed by atoms with Gasteiger partial charge < -0.3 is 9.47 Å². The molecule has 142 valence electrons. The van der Waals surface area contributed by atoms with Crippen molar-refractivity contribution in [2.24, 2.45) is 11.8 Å². The van der Waals surface area contributed by atoms with Gasteiger partial charge in [-0.05, 0) is 72.9 Å². The Balaban J connectivity index is 2.17. The van der Waals surface area contributed by atoms with E-state index < -0.39 is 0 Å². The van der Waals surface area contributed by atoms with Crippen LogP contribution in [0.25, 0.3) is 0 Å². The van der Waals surface area contributed by atoms with Crippen LogP contribution in [0.1, 0.15) is 49.9 Å². The van der Waals surface area contributed by atoms with Gasteiger partial charge in [0, 0.05) is 0 Å². The molecule has 0 N–H and O–H groups in total. The summed E-state index contributed by atoms with van der Waals surface area (Å²) in [6.07, 6.45) is 2.15. The van der Waals surface area contributed by atoms with Crippen molar-refractivity contribution in [1.82, 2.24) is 0 Å². The van der Waals surface area contributed by atoms with Gasteiger partial charge in [-0.25, -0.2) is 0 Å². The number of aryl methyl sites for hydroxylation is 1. The summed E-state index contributed by atoms with van der Waals surface area (Å²) in [5, 5.41) is 0. The molecule has 0 aliphatic heterocycles. The molecule has 2 aromatic carbocycles. The molecule has 0 saturated carbocycles. The van der Waals surface area contributed by atoms with Crippen LogP contribution in [0.4, 0.5) is 0 Å². The first kappa shape index (κ1) is 20.4. The molecule has 26 heavy (non-hydrogen) atoms. The smallest absolute Gasteiger partial charge is 0.126 e. The number of hydrogen-bond acceptors (Lipinski definition) is 2. The third kappa shape index (κ3) is 5.79. The third-order valence-corrected chi connectivity index (χ3v) is 4.57. The number of ether oxygens (including phenoxy) is 2. The molecule has 0 aliphatic rings. The number of rotatable bonds is 9. The van der Waals surface area contributed by atoms with Crippen LogP contribution < -0.4 is 9.47 Å². The number of para-hydroxylation sites is 1. The highest BCUT2D eigenvalue weighted by atomic mass is 16.5. The highest BCUT2D eigenvalue weighted by molar-refractivity contribution is 5.50. The van der Waals surface area contributed by atoms with E-state index in [4.69, 9.17) is 9.47 Å². The normalized spacial score (nSPS) is 11.2. The van der Waals surface area contributed by atoms with Crippen molar-refractivity contribution in [1.29, 1.82) is 0 Å². The van der Waals surface area contributed by atoms with E-state index in [1.54, 1.807) is 0 Å². The Labute approximate surface area is 159 Å². The quantitative estimate of drug-likeness (QED) is 0.502. The van der Waals surface area contributed by atoms with Crippen molar-refractivity contribution in [3.63, 3.8) is 0 Å². The van der Waals surface area contributed by atoms with E-state index in [0.29, 0.717) is 25.0 Å². The van der Waals surface area contributed by atoms with Gasteiger partial charge in [-0.15, -0.1) is 0 Å². The summed E-state index contributed by atoms with van der Waals surface area (Å²) in [5.41, 5.74) is 5.40. The minimum Gasteiger partial charge on any atom is -0.490 e. The Morgan fingerprint density at radius 2 is 1.42 bits per heavy atom. The predicted octanol–water partition coefficient (Wildman–Crippen LogP) is 6.16. The first-order valence-electron chi connectivity index (χ1n) is 9.81. The van der Waals surface area contributed by atoms with Crippen molar-refractivity contribution in [3.8, 4) is 11.5 Å². The summed E-state index contributed by atoms with van der Waals surface area (Å²) >= 11 is 0. The third-order valence-electron chi connectivity index (χ3n) is 4.57. The lowest BCUT2D eigenvalue weighted by molar-refractivity contribution is 0.214. The van der Waals surface area contributed by atoms with Gasteiger partial charge in [-0.2, -0.15) is 0 Å². The zero-order valence-electron chi connectivity index (χ0n) is 17.3. The van der Waals surface area contributed by atoms with Crippen molar-refractivity contribution in [2.75, 3.05) is 13.2 Å². The molecule has 2 rings (SSSR count). The average Bonchev–Trinajstić information content (AvgIpc) is 2.58. The van der Waals surface area contributed by atoms with Crippen LogP contribution in [0.5, 0.6) is 11.5 Å². The van der Waals surface area contributed by atoms with E-state index in [2.05, 4.69) is 47.6 Å². The lowest BCUT2D eigenvalue weighted by atomic mass is 9.88. The summed E-state index contributed by atoms with van der Waals surface area (Å²) in [5.74, 6) is 3.20. The molecule has 0 radical (unpaired) electrons. The van der Waals surface area contributed by atoms with Gasteiger partial charge in [0.25, 0.3) is 0 Å². The van der Waals surface area contributed by atoms with Crippen molar-refractivity contribution < 1.29 is 9.47 Å². The lowest BCUT2D eigenvalue weighted by Crippen LogP contribution is -2.14. The molecule has 0 spiro atoms.